The zero-order valence-corrected chi connectivity index (χ0v) is 34.5. The maximum Gasteiger partial charge on any atom is 0.495 e. The van der Waals surface area contributed by atoms with Crippen LogP contribution < -0.4 is 0 Å². The van der Waals surface area contributed by atoms with Crippen molar-refractivity contribution < 1.29 is 136 Å². The van der Waals surface area contributed by atoms with Gasteiger partial charge in [-0.05, 0) is 0 Å². The fourth-order valence-electron chi connectivity index (χ4n) is 3.97. The molecule has 5 atom stereocenters. The Bertz CT molecular complexity index is 1170. The fourth-order valence-corrected chi connectivity index (χ4v) is 3.97. The van der Waals surface area contributed by atoms with E-state index in [1.165, 1.54) is 12.2 Å². The minimum absolute atomic E-state index is 0.0435. The molecular weight excluding hydrogens is 914 g/mol. The molecule has 0 aliphatic carbocycles. The van der Waals surface area contributed by atoms with Gasteiger partial charge in [-0.1, -0.05) is 12.2 Å². The second-order valence-electron chi connectivity index (χ2n) is 12.9. The molecule has 0 saturated heterocycles. The van der Waals surface area contributed by atoms with Gasteiger partial charge in [0.2, 0.25) is 0 Å². The van der Waals surface area contributed by atoms with Gasteiger partial charge >= 0.3 is 30.7 Å². The summed E-state index contributed by atoms with van der Waals surface area (Å²) >= 11 is 0. The first-order valence-corrected chi connectivity index (χ1v) is 18.9. The summed E-state index contributed by atoms with van der Waals surface area (Å²) in [6.07, 6.45) is -27.8. The quantitative estimate of drug-likeness (QED) is 0.0250. The molecule has 0 aromatic carbocycles. The van der Waals surface area contributed by atoms with Gasteiger partial charge in [-0.3, -0.25) is 4.74 Å². The largest absolute Gasteiger partial charge is 0.495 e. The predicted molar refractivity (Wildman–Crippen MR) is 193 cm³/mol. The summed E-state index contributed by atoms with van der Waals surface area (Å²) in [6, 6.07) is 0. The van der Waals surface area contributed by atoms with E-state index >= 15 is 0 Å². The van der Waals surface area contributed by atoms with Crippen LogP contribution in [-0.4, -0.2) is 226 Å². The number of halogens is 10. The average Bonchev–Trinajstić information content (AvgIpc) is 3.15. The molecule has 0 amide bonds. The summed E-state index contributed by atoms with van der Waals surface area (Å²) in [5.41, 5.74) is 0. The van der Waals surface area contributed by atoms with Crippen LogP contribution in [0.5, 0.6) is 0 Å². The molecule has 19 nitrogen and oxygen atoms in total. The number of rotatable bonds is 46. The average molecular weight is 973 g/mol. The van der Waals surface area contributed by atoms with Crippen molar-refractivity contribution in [1.29, 1.82) is 0 Å². The topological polar surface area (TPSA) is 230 Å². The Balaban J connectivity index is 4.08. The Morgan fingerprint density at radius 2 is 0.625 bits per heavy atom. The van der Waals surface area contributed by atoms with E-state index in [2.05, 4.69) is 46.3 Å². The Hall–Kier alpha value is -1.98. The second kappa shape index (κ2) is 34.3. The highest BCUT2D eigenvalue weighted by atomic mass is 19.3. The first kappa shape index (κ1) is 62.0. The van der Waals surface area contributed by atoms with Gasteiger partial charge in [0, 0.05) is 0 Å². The van der Waals surface area contributed by atoms with Gasteiger partial charge in [0.05, 0.1) is 106 Å². The lowest BCUT2D eigenvalue weighted by Gasteiger charge is -2.26. The van der Waals surface area contributed by atoms with Gasteiger partial charge in [0.15, 0.2) is 0 Å². The number of hydrogen-bond acceptors (Lipinski definition) is 19. The van der Waals surface area contributed by atoms with Crippen LogP contribution in [0.4, 0.5) is 43.9 Å². The molecule has 382 valence electrons. The number of aliphatic hydroxyl groups is 5. The van der Waals surface area contributed by atoms with Crippen LogP contribution in [0.3, 0.4) is 0 Å². The van der Waals surface area contributed by atoms with E-state index in [0.29, 0.717) is 0 Å². The number of alkyl halides is 10. The van der Waals surface area contributed by atoms with Crippen molar-refractivity contribution in [2.24, 2.45) is 0 Å². The Morgan fingerprint density at radius 3 is 1.02 bits per heavy atom. The second-order valence-corrected chi connectivity index (χ2v) is 12.9. The molecule has 0 bridgehead atoms. The summed E-state index contributed by atoms with van der Waals surface area (Å²) in [4.78, 5) is 0. The molecule has 0 aromatic rings. The first-order valence-electron chi connectivity index (χ1n) is 18.9. The minimum Gasteiger partial charge on any atom is -0.388 e. The predicted octanol–water partition coefficient (Wildman–Crippen LogP) is 1.27. The van der Waals surface area contributed by atoms with Crippen molar-refractivity contribution in [1.82, 2.24) is 0 Å². The van der Waals surface area contributed by atoms with Crippen molar-refractivity contribution in [2.75, 3.05) is 139 Å². The molecule has 0 aliphatic rings. The van der Waals surface area contributed by atoms with E-state index in [1.54, 1.807) is 0 Å². The normalized spacial score (nSPS) is 15.5. The minimum atomic E-state index is -5.57. The maximum atomic E-state index is 13.8. The fraction of sp³-hybridized carbons (Fsp3) is 0.886. The van der Waals surface area contributed by atoms with E-state index in [4.69, 9.17) is 33.2 Å². The molecule has 0 saturated carbocycles. The van der Waals surface area contributed by atoms with Crippen molar-refractivity contribution in [2.45, 2.75) is 61.2 Å². The zero-order valence-electron chi connectivity index (χ0n) is 34.5. The zero-order chi connectivity index (χ0) is 48.5. The molecule has 29 heteroatoms. The standard InChI is InChI=1S/C35H58F10O19/c1-3-5-51-11-27(47)15-57-16-29(49)17-58-18-30(50)20-60-23-34(42,43)64-35(44,45)63-33(40,41)21-55-9-7-53-13-26(46)14-54-8-10-56-25-61-24-32(38,39)62-31(36,37)22-59-19-28(48)12-52-6-4-2/h3-4,26-30,46-50H,1-2,5-25H2. The molecule has 0 heterocycles. The summed E-state index contributed by atoms with van der Waals surface area (Å²) in [6.45, 7) is -6.61. The summed E-state index contributed by atoms with van der Waals surface area (Å²) in [5, 5.41) is 48.4. The van der Waals surface area contributed by atoms with Gasteiger partial charge in [0.1, 0.15) is 63.7 Å². The molecule has 0 rings (SSSR count). The van der Waals surface area contributed by atoms with Crippen LogP contribution in [0.15, 0.2) is 25.3 Å². The van der Waals surface area contributed by atoms with Gasteiger partial charge < -0.3 is 77.6 Å². The molecule has 5 N–H and O–H groups in total. The van der Waals surface area contributed by atoms with Crippen LogP contribution in [0, 0.1) is 0 Å². The highest BCUT2D eigenvalue weighted by molar-refractivity contribution is 4.66. The number of hydrogen-bond donors (Lipinski definition) is 5. The van der Waals surface area contributed by atoms with Crippen molar-refractivity contribution >= 4 is 0 Å². The smallest absolute Gasteiger partial charge is 0.388 e. The summed E-state index contributed by atoms with van der Waals surface area (Å²) in [7, 11) is 0. The maximum absolute atomic E-state index is 13.8. The van der Waals surface area contributed by atoms with E-state index < -0.39 is 141 Å². The van der Waals surface area contributed by atoms with Crippen molar-refractivity contribution in [3.63, 3.8) is 0 Å². The van der Waals surface area contributed by atoms with E-state index in [0.717, 1.165) is 0 Å². The molecule has 0 spiro atoms. The molecular formula is C35H58F10O19. The monoisotopic (exact) mass is 972 g/mol. The van der Waals surface area contributed by atoms with Crippen molar-refractivity contribution in [3.05, 3.63) is 25.3 Å². The summed E-state index contributed by atoms with van der Waals surface area (Å²) in [5.74, 6) is 0. The van der Waals surface area contributed by atoms with Crippen LogP contribution in [0.25, 0.3) is 0 Å². The van der Waals surface area contributed by atoms with E-state index in [-0.39, 0.29) is 59.5 Å². The van der Waals surface area contributed by atoms with E-state index in [1.807, 2.05) is 0 Å². The highest BCUT2D eigenvalue weighted by Crippen LogP contribution is 2.34. The molecule has 0 aliphatic heterocycles. The third-order valence-corrected chi connectivity index (χ3v) is 6.40. The molecule has 0 fully saturated rings. The lowest BCUT2D eigenvalue weighted by Crippen LogP contribution is -2.44. The Kier molecular flexibility index (Phi) is 33.3. The van der Waals surface area contributed by atoms with Crippen LogP contribution >= 0.6 is 0 Å². The van der Waals surface area contributed by atoms with Gasteiger partial charge in [-0.15, -0.1) is 21.9 Å². The third-order valence-electron chi connectivity index (χ3n) is 6.40. The molecule has 0 radical (unpaired) electrons. The lowest BCUT2D eigenvalue weighted by molar-refractivity contribution is -0.518. The molecule has 0 aromatic heterocycles. The summed E-state index contributed by atoms with van der Waals surface area (Å²) < 4.78 is 199. The van der Waals surface area contributed by atoms with Crippen molar-refractivity contribution in [3.8, 4) is 0 Å². The van der Waals surface area contributed by atoms with Crippen LogP contribution in [-0.2, 0) is 66.3 Å². The van der Waals surface area contributed by atoms with Crippen LogP contribution in [0.1, 0.15) is 0 Å². The number of ether oxygens (including phenoxy) is 14. The molecule has 64 heavy (non-hydrogen) atoms. The van der Waals surface area contributed by atoms with Crippen LogP contribution in [0.2, 0.25) is 0 Å². The lowest BCUT2D eigenvalue weighted by atomic mass is 10.3. The van der Waals surface area contributed by atoms with Gasteiger partial charge in [0.25, 0.3) is 0 Å². The van der Waals surface area contributed by atoms with Gasteiger partial charge in [-0.25, -0.2) is 9.47 Å². The SMILES string of the molecule is C=CCOCC(O)COCC(O)COCC(O)COCC(F)(F)OC(F)(F)OC(F)(F)COCCOCC(O)COCCOCOCC(F)(F)OC(F)(F)COCC(O)COCC=C. The Labute approximate surface area is 361 Å². The third kappa shape index (κ3) is 38.2. The Morgan fingerprint density at radius 1 is 0.344 bits per heavy atom. The number of aliphatic hydroxyl groups excluding tert-OH is 5. The van der Waals surface area contributed by atoms with E-state index in [9.17, 15) is 69.4 Å². The van der Waals surface area contributed by atoms with Gasteiger partial charge in [-0.2, -0.15) is 35.1 Å². The molecule has 5 unspecified atom stereocenters. The first-order chi connectivity index (χ1) is 29.9. The highest BCUT2D eigenvalue weighted by Gasteiger charge is 2.52.